The zero-order valence-corrected chi connectivity index (χ0v) is 9.84. The summed E-state index contributed by atoms with van der Waals surface area (Å²) in [6.07, 6.45) is 1.79. The summed E-state index contributed by atoms with van der Waals surface area (Å²) in [7, 11) is 0. The highest BCUT2D eigenvalue weighted by molar-refractivity contribution is 5.90. The van der Waals surface area contributed by atoms with Gasteiger partial charge < -0.3 is 15.7 Å². The monoisotopic (exact) mass is 232 g/mol. The first-order valence-electron chi connectivity index (χ1n) is 5.87. The summed E-state index contributed by atoms with van der Waals surface area (Å²) in [5.41, 5.74) is 2.75. The van der Waals surface area contributed by atoms with Crippen LogP contribution in [0.3, 0.4) is 0 Å². The highest BCUT2D eigenvalue weighted by Gasteiger charge is 2.19. The van der Waals surface area contributed by atoms with Gasteiger partial charge in [0.25, 0.3) is 0 Å². The second-order valence-corrected chi connectivity index (χ2v) is 4.17. The van der Waals surface area contributed by atoms with E-state index in [2.05, 4.69) is 22.8 Å². The van der Waals surface area contributed by atoms with Crippen molar-refractivity contribution < 1.29 is 9.90 Å². The van der Waals surface area contributed by atoms with Gasteiger partial charge in [-0.05, 0) is 25.3 Å². The van der Waals surface area contributed by atoms with Crippen molar-refractivity contribution in [3.63, 3.8) is 0 Å². The van der Waals surface area contributed by atoms with Crippen LogP contribution in [0, 0.1) is 12.1 Å². The van der Waals surface area contributed by atoms with Gasteiger partial charge in [-0.2, -0.15) is 0 Å². The third kappa shape index (κ3) is 2.69. The Morgan fingerprint density at radius 1 is 1.65 bits per heavy atom. The number of fused-ring (bicyclic) bond motifs is 1. The number of hydrogen-bond donors (Lipinski definition) is 3. The summed E-state index contributed by atoms with van der Waals surface area (Å²) in [5, 5.41) is 15.1. The number of aliphatic hydroxyl groups excluding tert-OH is 1. The molecule has 4 heteroatoms. The Morgan fingerprint density at radius 3 is 3.24 bits per heavy atom. The molecule has 2 amide bonds. The molecule has 0 aliphatic heterocycles. The number of carbonyl (C=O) groups is 1. The minimum absolute atomic E-state index is 0.227. The zero-order chi connectivity index (χ0) is 12.3. The molecule has 0 radical (unpaired) electrons. The second kappa shape index (κ2) is 5.07. The summed E-state index contributed by atoms with van der Waals surface area (Å²) in [5.74, 6) is 0. The van der Waals surface area contributed by atoms with Gasteiger partial charge in [0.05, 0.1) is 11.8 Å². The van der Waals surface area contributed by atoms with Crippen molar-refractivity contribution >= 4 is 11.7 Å². The van der Waals surface area contributed by atoms with Gasteiger partial charge in [0.2, 0.25) is 0 Å². The fourth-order valence-corrected chi connectivity index (χ4v) is 2.05. The molecule has 1 aliphatic carbocycles. The summed E-state index contributed by atoms with van der Waals surface area (Å²) < 4.78 is 0. The predicted molar refractivity (Wildman–Crippen MR) is 64.8 cm³/mol. The van der Waals surface area contributed by atoms with Gasteiger partial charge in [-0.1, -0.05) is 12.1 Å². The van der Waals surface area contributed by atoms with Crippen molar-refractivity contribution in [2.45, 2.75) is 32.3 Å². The minimum Gasteiger partial charge on any atom is -0.393 e. The number of hydrogen-bond acceptors (Lipinski definition) is 2. The van der Waals surface area contributed by atoms with Gasteiger partial charge in [-0.25, -0.2) is 4.79 Å². The topological polar surface area (TPSA) is 61.4 Å². The number of rotatable bonds is 2. The number of carbonyl (C=O) groups excluding carboxylic acids is 1. The molecule has 0 fully saturated rings. The Hall–Kier alpha value is -1.73. The van der Waals surface area contributed by atoms with E-state index >= 15 is 0 Å². The Kier molecular flexibility index (Phi) is 3.50. The van der Waals surface area contributed by atoms with E-state index in [-0.39, 0.29) is 12.1 Å². The second-order valence-electron chi connectivity index (χ2n) is 4.17. The quantitative estimate of drug-likeness (QED) is 0.719. The van der Waals surface area contributed by atoms with E-state index in [0.29, 0.717) is 13.0 Å². The van der Waals surface area contributed by atoms with E-state index < -0.39 is 0 Å². The molecule has 17 heavy (non-hydrogen) atoms. The van der Waals surface area contributed by atoms with Gasteiger partial charge in [0.1, 0.15) is 0 Å². The molecule has 0 heterocycles. The third-order valence-electron chi connectivity index (χ3n) is 2.88. The molecular formula is C13H16N2O2. The molecule has 0 spiro atoms. The minimum atomic E-state index is -0.326. The highest BCUT2D eigenvalue weighted by Crippen LogP contribution is 2.26. The van der Waals surface area contributed by atoms with Crippen LogP contribution in [-0.2, 0) is 12.8 Å². The molecule has 0 saturated heterocycles. The molecule has 90 valence electrons. The van der Waals surface area contributed by atoms with Crippen LogP contribution in [0.2, 0.25) is 0 Å². The van der Waals surface area contributed by atoms with Gasteiger partial charge in [0.15, 0.2) is 0 Å². The van der Waals surface area contributed by atoms with Gasteiger partial charge >= 0.3 is 6.03 Å². The molecule has 3 N–H and O–H groups in total. The SMILES string of the molecule is CCNC(=O)Nc1cc#cc2c1CC(O)CC2. The molecule has 1 aromatic rings. The third-order valence-corrected chi connectivity index (χ3v) is 2.88. The lowest BCUT2D eigenvalue weighted by atomic mass is 9.90. The first kappa shape index (κ1) is 11.7. The average molecular weight is 232 g/mol. The number of urea groups is 1. The molecule has 4 nitrogen and oxygen atoms in total. The Balaban J connectivity index is 2.20. The van der Waals surface area contributed by atoms with Crippen LogP contribution in [0.25, 0.3) is 0 Å². The largest absolute Gasteiger partial charge is 0.393 e. The fraction of sp³-hybridized carbons (Fsp3) is 0.462. The van der Waals surface area contributed by atoms with Crippen molar-refractivity contribution in [2.75, 3.05) is 11.9 Å². The van der Waals surface area contributed by atoms with Crippen LogP contribution in [0.1, 0.15) is 24.5 Å². The van der Waals surface area contributed by atoms with E-state index in [1.807, 2.05) is 6.92 Å². The van der Waals surface area contributed by atoms with Crippen molar-refractivity contribution in [1.29, 1.82) is 0 Å². The lowest BCUT2D eigenvalue weighted by molar-refractivity contribution is 0.159. The molecule has 1 aromatic carbocycles. The van der Waals surface area contributed by atoms with Crippen molar-refractivity contribution in [1.82, 2.24) is 5.32 Å². The van der Waals surface area contributed by atoms with E-state index in [9.17, 15) is 9.90 Å². The van der Waals surface area contributed by atoms with Gasteiger partial charge in [-0.15, -0.1) is 0 Å². The van der Waals surface area contributed by atoms with Crippen molar-refractivity contribution in [3.8, 4) is 0 Å². The molecule has 0 bridgehead atoms. The Morgan fingerprint density at radius 2 is 2.47 bits per heavy atom. The van der Waals surface area contributed by atoms with Crippen molar-refractivity contribution in [3.05, 3.63) is 29.3 Å². The summed E-state index contributed by atoms with van der Waals surface area (Å²) in [6.45, 7) is 2.45. The molecule has 0 saturated carbocycles. The van der Waals surface area contributed by atoms with E-state index in [4.69, 9.17) is 0 Å². The van der Waals surface area contributed by atoms with E-state index in [1.165, 1.54) is 0 Å². The fourth-order valence-electron chi connectivity index (χ4n) is 2.05. The van der Waals surface area contributed by atoms with Crippen LogP contribution < -0.4 is 10.6 Å². The zero-order valence-electron chi connectivity index (χ0n) is 9.84. The standard InChI is InChI=1S/C13H16N2O2/c1-2-14-13(17)15-12-5-3-4-9-6-7-10(16)8-11(9)12/h5,10,16H,2,6-8H2,1H3,(H2,14,15,17). The molecule has 2 rings (SSSR count). The molecule has 1 unspecified atom stereocenters. The number of nitrogens with one attached hydrogen (secondary N) is 2. The Bertz CT molecular complexity index is 418. The average Bonchev–Trinajstić information content (AvgIpc) is 2.30. The maximum absolute atomic E-state index is 11.5. The normalized spacial score (nSPS) is 17.9. The molecular weight excluding hydrogens is 216 g/mol. The van der Waals surface area contributed by atoms with Gasteiger partial charge in [0, 0.05) is 24.6 Å². The Labute approximate surface area is 101 Å². The summed E-state index contributed by atoms with van der Waals surface area (Å²) >= 11 is 0. The lowest BCUT2D eigenvalue weighted by Crippen LogP contribution is -2.29. The molecule has 1 aliphatic rings. The van der Waals surface area contributed by atoms with Crippen LogP contribution >= 0.6 is 0 Å². The van der Waals surface area contributed by atoms with E-state index in [0.717, 1.165) is 29.7 Å². The van der Waals surface area contributed by atoms with Crippen molar-refractivity contribution in [2.24, 2.45) is 0 Å². The van der Waals surface area contributed by atoms with Crippen LogP contribution in [-0.4, -0.2) is 23.8 Å². The first-order valence-corrected chi connectivity index (χ1v) is 5.87. The lowest BCUT2D eigenvalue weighted by Gasteiger charge is -2.21. The van der Waals surface area contributed by atoms with Crippen LogP contribution in [0.5, 0.6) is 0 Å². The highest BCUT2D eigenvalue weighted by atomic mass is 16.3. The summed E-state index contributed by atoms with van der Waals surface area (Å²) in [4.78, 5) is 11.5. The number of anilines is 1. The van der Waals surface area contributed by atoms with E-state index in [1.54, 1.807) is 6.07 Å². The molecule has 0 aromatic heterocycles. The first-order chi connectivity index (χ1) is 8.20. The molecule has 1 atom stereocenters. The number of amides is 2. The predicted octanol–water partition coefficient (Wildman–Crippen LogP) is 1.28. The van der Waals surface area contributed by atoms with Gasteiger partial charge in [-0.3, -0.25) is 0 Å². The maximum atomic E-state index is 11.5. The summed E-state index contributed by atoms with van der Waals surface area (Å²) in [6, 6.07) is 7.42. The smallest absolute Gasteiger partial charge is 0.319 e. The van der Waals surface area contributed by atoms with Crippen LogP contribution in [0.4, 0.5) is 10.5 Å². The maximum Gasteiger partial charge on any atom is 0.319 e. The van der Waals surface area contributed by atoms with Crippen LogP contribution in [0.15, 0.2) is 6.07 Å². The number of aliphatic hydroxyl groups is 1.